The third kappa shape index (κ3) is 3.60. The number of Topliss-reactive ketones (excluding diaryl/α,β-unsaturated/α-hetero) is 1. The highest BCUT2D eigenvalue weighted by Gasteiger charge is 2.56. The van der Waals surface area contributed by atoms with E-state index in [2.05, 4.69) is 13.2 Å². The zero-order chi connectivity index (χ0) is 18.6. The number of hydrogen-bond acceptors (Lipinski definition) is 3. The lowest BCUT2D eigenvalue weighted by Crippen LogP contribution is -2.51. The van der Waals surface area contributed by atoms with E-state index >= 15 is 0 Å². The minimum Gasteiger partial charge on any atom is -0.313 e. The molecule has 1 heterocycles. The number of allylic oxidation sites excluding steroid dienone is 3. The van der Waals surface area contributed by atoms with Gasteiger partial charge >= 0.3 is 6.03 Å². The number of nitrogens with zero attached hydrogens (tertiary/aromatic N) is 2. The highest BCUT2D eigenvalue weighted by atomic mass is 16.2. The fourth-order valence-electron chi connectivity index (χ4n) is 3.84. The molecule has 2 rings (SSSR count). The molecule has 0 aromatic rings. The molecule has 1 atom stereocenters. The van der Waals surface area contributed by atoms with Crippen LogP contribution in [0, 0.1) is 5.92 Å². The van der Waals surface area contributed by atoms with Crippen molar-refractivity contribution in [3.8, 4) is 0 Å². The van der Waals surface area contributed by atoms with E-state index in [0.29, 0.717) is 0 Å². The molecule has 3 amide bonds. The first-order valence-corrected chi connectivity index (χ1v) is 8.95. The van der Waals surface area contributed by atoms with Crippen LogP contribution in [0.2, 0.25) is 0 Å². The minimum absolute atomic E-state index is 0.139. The molecule has 25 heavy (non-hydrogen) atoms. The van der Waals surface area contributed by atoms with Gasteiger partial charge in [0.1, 0.15) is 5.54 Å². The largest absolute Gasteiger partial charge is 0.327 e. The summed E-state index contributed by atoms with van der Waals surface area (Å²) < 4.78 is 0. The Morgan fingerprint density at radius 1 is 1.24 bits per heavy atom. The van der Waals surface area contributed by atoms with Crippen LogP contribution < -0.4 is 0 Å². The Morgan fingerprint density at radius 2 is 1.84 bits per heavy atom. The molecule has 0 bridgehead atoms. The Morgan fingerprint density at radius 3 is 2.40 bits per heavy atom. The van der Waals surface area contributed by atoms with Crippen molar-refractivity contribution in [1.29, 1.82) is 0 Å². The van der Waals surface area contributed by atoms with E-state index < -0.39 is 11.6 Å². The molecular weight excluding hydrogens is 316 g/mol. The Hall–Kier alpha value is -2.17. The number of carbonyl (C=O) groups excluding carboxylic acids is 3. The van der Waals surface area contributed by atoms with Gasteiger partial charge in [0.15, 0.2) is 5.78 Å². The summed E-state index contributed by atoms with van der Waals surface area (Å²) in [6.07, 6.45) is 11.1. The summed E-state index contributed by atoms with van der Waals surface area (Å²) in [5, 5.41) is 0. The van der Waals surface area contributed by atoms with Crippen molar-refractivity contribution in [2.24, 2.45) is 5.92 Å². The van der Waals surface area contributed by atoms with E-state index in [-0.39, 0.29) is 29.7 Å². The predicted molar refractivity (Wildman–Crippen MR) is 98.0 cm³/mol. The van der Waals surface area contributed by atoms with Crippen LogP contribution in [0.4, 0.5) is 4.79 Å². The number of ketones is 1. The molecule has 0 aromatic heterocycles. The predicted octanol–water partition coefficient (Wildman–Crippen LogP) is 3.48. The molecule has 5 heteroatoms. The number of urea groups is 1. The molecule has 0 aromatic carbocycles. The molecule has 0 spiro atoms. The number of imide groups is 1. The highest BCUT2D eigenvalue weighted by Crippen LogP contribution is 2.40. The standard InChI is InChI=1S/C20H28N2O3/c1-5-6-11-15(2)17(23)14-22-18(24)20(3,21(4)19(22)25)16-12-9-7-8-10-13-16/h5-6,11,16H,1-2,7-10,12-14H2,3-4H3/b11-6-. The Balaban J connectivity index is 2.19. The Kier molecular flexibility index (Phi) is 5.98. The molecule has 136 valence electrons. The van der Waals surface area contributed by atoms with Crippen LogP contribution in [-0.2, 0) is 9.59 Å². The Bertz CT molecular complexity index is 614. The van der Waals surface area contributed by atoms with Gasteiger partial charge in [0.25, 0.3) is 5.91 Å². The summed E-state index contributed by atoms with van der Waals surface area (Å²) in [7, 11) is 1.67. The van der Waals surface area contributed by atoms with Gasteiger partial charge in [0, 0.05) is 12.6 Å². The second-order valence-corrected chi connectivity index (χ2v) is 7.11. The van der Waals surface area contributed by atoms with Gasteiger partial charge in [-0.3, -0.25) is 14.5 Å². The van der Waals surface area contributed by atoms with Gasteiger partial charge in [0.2, 0.25) is 0 Å². The lowest BCUT2D eigenvalue weighted by molar-refractivity contribution is -0.136. The van der Waals surface area contributed by atoms with Crippen LogP contribution in [0.5, 0.6) is 0 Å². The molecule has 1 saturated heterocycles. The van der Waals surface area contributed by atoms with E-state index in [9.17, 15) is 14.4 Å². The van der Waals surface area contributed by atoms with Crippen molar-refractivity contribution < 1.29 is 14.4 Å². The van der Waals surface area contributed by atoms with Crippen molar-refractivity contribution >= 4 is 17.7 Å². The number of hydrogen-bond donors (Lipinski definition) is 0. The lowest BCUT2D eigenvalue weighted by atomic mass is 9.79. The summed E-state index contributed by atoms with van der Waals surface area (Å²) in [6.45, 7) is 8.83. The fraction of sp³-hybridized carbons (Fsp3) is 0.550. The summed E-state index contributed by atoms with van der Waals surface area (Å²) >= 11 is 0. The van der Waals surface area contributed by atoms with E-state index in [1.165, 1.54) is 23.8 Å². The van der Waals surface area contributed by atoms with Gasteiger partial charge in [0.05, 0.1) is 6.54 Å². The van der Waals surface area contributed by atoms with Gasteiger partial charge in [-0.15, -0.1) is 0 Å². The van der Waals surface area contributed by atoms with Gasteiger partial charge in [-0.2, -0.15) is 0 Å². The summed E-state index contributed by atoms with van der Waals surface area (Å²) in [5.74, 6) is -0.459. The van der Waals surface area contributed by atoms with Crippen molar-refractivity contribution in [3.63, 3.8) is 0 Å². The minimum atomic E-state index is -0.861. The maximum Gasteiger partial charge on any atom is 0.327 e. The fourth-order valence-corrected chi connectivity index (χ4v) is 3.84. The van der Waals surface area contributed by atoms with Crippen LogP contribution in [0.25, 0.3) is 0 Å². The van der Waals surface area contributed by atoms with Crippen LogP contribution in [0.1, 0.15) is 45.4 Å². The van der Waals surface area contributed by atoms with Crippen LogP contribution >= 0.6 is 0 Å². The third-order valence-electron chi connectivity index (χ3n) is 5.64. The lowest BCUT2D eigenvalue weighted by Gasteiger charge is -2.36. The van der Waals surface area contributed by atoms with Crippen molar-refractivity contribution in [3.05, 3.63) is 37.0 Å². The maximum atomic E-state index is 13.1. The quantitative estimate of drug-likeness (QED) is 0.321. The smallest absolute Gasteiger partial charge is 0.313 e. The van der Waals surface area contributed by atoms with E-state index in [1.807, 2.05) is 6.92 Å². The topological polar surface area (TPSA) is 57.7 Å². The highest BCUT2D eigenvalue weighted by molar-refractivity contribution is 6.11. The van der Waals surface area contributed by atoms with E-state index in [4.69, 9.17) is 0 Å². The summed E-state index contributed by atoms with van der Waals surface area (Å²) in [6, 6.07) is -0.398. The first kappa shape index (κ1) is 19.2. The first-order chi connectivity index (χ1) is 11.8. The van der Waals surface area contributed by atoms with Gasteiger partial charge < -0.3 is 4.90 Å². The molecule has 1 aliphatic heterocycles. The second kappa shape index (κ2) is 7.81. The molecule has 2 aliphatic rings. The zero-order valence-corrected chi connectivity index (χ0v) is 15.3. The molecule has 1 aliphatic carbocycles. The van der Waals surface area contributed by atoms with Gasteiger partial charge in [-0.25, -0.2) is 4.79 Å². The second-order valence-electron chi connectivity index (χ2n) is 7.11. The van der Waals surface area contributed by atoms with Crippen LogP contribution in [0.15, 0.2) is 37.0 Å². The monoisotopic (exact) mass is 344 g/mol. The number of rotatable bonds is 6. The van der Waals surface area contributed by atoms with E-state index in [0.717, 1.165) is 30.6 Å². The maximum absolute atomic E-state index is 13.1. The Labute approximate surface area is 150 Å². The SMILES string of the molecule is C=C/C=C\C(=C)C(=O)CN1C(=O)N(C)C(C)(C2CCCCCC2)C1=O. The first-order valence-electron chi connectivity index (χ1n) is 8.95. The zero-order valence-electron chi connectivity index (χ0n) is 15.3. The summed E-state index contributed by atoms with van der Waals surface area (Å²) in [5.41, 5.74) is -0.605. The third-order valence-corrected chi connectivity index (χ3v) is 5.64. The van der Waals surface area contributed by atoms with Crippen molar-refractivity contribution in [2.75, 3.05) is 13.6 Å². The van der Waals surface area contributed by atoms with Crippen LogP contribution in [0.3, 0.4) is 0 Å². The number of amides is 3. The number of carbonyl (C=O) groups is 3. The van der Waals surface area contributed by atoms with Gasteiger partial charge in [-0.05, 0) is 25.7 Å². The number of likely N-dealkylation sites (N-methyl/N-ethyl adjacent to an activating group) is 1. The summed E-state index contributed by atoms with van der Waals surface area (Å²) in [4.78, 5) is 40.6. The van der Waals surface area contributed by atoms with Crippen LogP contribution in [-0.4, -0.2) is 46.7 Å². The molecule has 0 radical (unpaired) electrons. The average molecular weight is 344 g/mol. The molecule has 1 unspecified atom stereocenters. The molecule has 0 N–H and O–H groups in total. The molecule has 1 saturated carbocycles. The normalized spacial score (nSPS) is 25.5. The average Bonchev–Trinajstić information content (AvgIpc) is 2.84. The molecule has 2 fully saturated rings. The van der Waals surface area contributed by atoms with Crippen molar-refractivity contribution in [2.45, 2.75) is 51.0 Å². The van der Waals surface area contributed by atoms with Gasteiger partial charge in [-0.1, -0.05) is 57.1 Å². The van der Waals surface area contributed by atoms with Crippen molar-refractivity contribution in [1.82, 2.24) is 9.80 Å². The molecular formula is C20H28N2O3. The molecule has 5 nitrogen and oxygen atoms in total. The van der Waals surface area contributed by atoms with E-state index in [1.54, 1.807) is 19.2 Å².